The minimum Gasteiger partial charge on any atom is -0.497 e. The lowest BCUT2D eigenvalue weighted by Gasteiger charge is -2.08. The zero-order valence-electron chi connectivity index (χ0n) is 9.96. The molecule has 0 saturated carbocycles. The molecule has 0 unspecified atom stereocenters. The molecule has 0 saturated heterocycles. The van der Waals surface area contributed by atoms with E-state index >= 15 is 0 Å². The van der Waals surface area contributed by atoms with Crippen molar-refractivity contribution in [3.8, 4) is 17.4 Å². The summed E-state index contributed by atoms with van der Waals surface area (Å²) in [6.45, 7) is 0. The number of pyridine rings is 1. The molecule has 98 valence electrons. The van der Waals surface area contributed by atoms with E-state index < -0.39 is 11.8 Å². The molecule has 0 atom stereocenters. The Labute approximate surface area is 108 Å². The lowest BCUT2D eigenvalue weighted by Crippen LogP contribution is -2.03. The molecule has 0 bridgehead atoms. The number of carbonyl (C=O) groups is 1. The number of hydrogen-bond donors (Lipinski definition) is 1. The largest absolute Gasteiger partial charge is 0.497 e. The van der Waals surface area contributed by atoms with Crippen LogP contribution in [0.1, 0.15) is 10.4 Å². The van der Waals surface area contributed by atoms with Crippen molar-refractivity contribution in [1.82, 2.24) is 4.98 Å². The van der Waals surface area contributed by atoms with Gasteiger partial charge in [0.2, 0.25) is 5.88 Å². The van der Waals surface area contributed by atoms with Gasteiger partial charge in [-0.3, -0.25) is 0 Å². The summed E-state index contributed by atoms with van der Waals surface area (Å²) >= 11 is 0. The molecule has 0 radical (unpaired) electrons. The van der Waals surface area contributed by atoms with Gasteiger partial charge in [-0.05, 0) is 30.3 Å². The highest BCUT2D eigenvalue weighted by Crippen LogP contribution is 2.25. The lowest BCUT2D eigenvalue weighted by atomic mass is 10.2. The molecule has 1 heterocycles. The highest BCUT2D eigenvalue weighted by atomic mass is 19.1. The number of aromatic carboxylic acids is 1. The van der Waals surface area contributed by atoms with Gasteiger partial charge in [-0.2, -0.15) is 0 Å². The molecular weight excluding hydrogens is 253 g/mol. The number of ether oxygens (including phenoxy) is 2. The molecule has 19 heavy (non-hydrogen) atoms. The smallest absolute Gasteiger partial charge is 0.341 e. The van der Waals surface area contributed by atoms with Crippen LogP contribution in [0.25, 0.3) is 0 Å². The van der Waals surface area contributed by atoms with Crippen LogP contribution in [-0.2, 0) is 0 Å². The third-order valence-corrected chi connectivity index (χ3v) is 2.32. The van der Waals surface area contributed by atoms with Crippen LogP contribution >= 0.6 is 0 Å². The van der Waals surface area contributed by atoms with Crippen molar-refractivity contribution in [3.05, 3.63) is 47.9 Å². The molecule has 1 N–H and O–H groups in total. The fourth-order valence-electron chi connectivity index (χ4n) is 1.42. The van der Waals surface area contributed by atoms with Gasteiger partial charge < -0.3 is 14.6 Å². The summed E-state index contributed by atoms with van der Waals surface area (Å²) in [6, 6.07) is 7.35. The van der Waals surface area contributed by atoms with Crippen LogP contribution < -0.4 is 9.47 Å². The molecule has 1 aromatic carbocycles. The van der Waals surface area contributed by atoms with Crippen molar-refractivity contribution in [2.75, 3.05) is 7.11 Å². The Bertz CT molecular complexity index is 598. The van der Waals surface area contributed by atoms with Crippen molar-refractivity contribution in [2.24, 2.45) is 0 Å². The summed E-state index contributed by atoms with van der Waals surface area (Å²) in [5.41, 5.74) is -0.337. The number of rotatable bonds is 4. The van der Waals surface area contributed by atoms with Crippen LogP contribution in [0.2, 0.25) is 0 Å². The molecule has 0 aliphatic rings. The number of halogens is 1. The van der Waals surface area contributed by atoms with Gasteiger partial charge in [-0.25, -0.2) is 14.2 Å². The first kappa shape index (κ1) is 12.8. The van der Waals surface area contributed by atoms with Crippen molar-refractivity contribution < 1.29 is 23.8 Å². The first-order valence-electron chi connectivity index (χ1n) is 5.31. The van der Waals surface area contributed by atoms with E-state index in [0.29, 0.717) is 11.5 Å². The lowest BCUT2D eigenvalue weighted by molar-refractivity contribution is 0.0692. The van der Waals surface area contributed by atoms with E-state index in [1.165, 1.54) is 7.11 Å². The standard InChI is InChI=1S/C13H10FNO4/c1-18-9-2-4-10(5-3-9)19-12-11(13(16)17)6-8(14)7-15-12/h2-7H,1H3,(H,16,17). The van der Waals surface area contributed by atoms with Crippen molar-refractivity contribution >= 4 is 5.97 Å². The topological polar surface area (TPSA) is 68.7 Å². The normalized spacial score (nSPS) is 10.0. The molecule has 2 aromatic rings. The second-order valence-corrected chi connectivity index (χ2v) is 3.59. The number of methoxy groups -OCH3 is 1. The molecule has 1 aromatic heterocycles. The number of carboxylic acids is 1. The Hall–Kier alpha value is -2.63. The van der Waals surface area contributed by atoms with Gasteiger partial charge in [0.25, 0.3) is 0 Å². The average molecular weight is 263 g/mol. The molecule has 6 heteroatoms. The fourth-order valence-corrected chi connectivity index (χ4v) is 1.42. The number of nitrogens with zero attached hydrogens (tertiary/aromatic N) is 1. The molecule has 0 fully saturated rings. The first-order chi connectivity index (χ1) is 9.10. The second-order valence-electron chi connectivity index (χ2n) is 3.59. The van der Waals surface area contributed by atoms with Crippen molar-refractivity contribution in [3.63, 3.8) is 0 Å². The average Bonchev–Trinajstić information content (AvgIpc) is 2.41. The van der Waals surface area contributed by atoms with Crippen LogP contribution in [0.4, 0.5) is 4.39 Å². The van der Waals surface area contributed by atoms with Gasteiger partial charge in [-0.1, -0.05) is 0 Å². The van der Waals surface area contributed by atoms with Crippen molar-refractivity contribution in [1.29, 1.82) is 0 Å². The molecule has 2 rings (SSSR count). The van der Waals surface area contributed by atoms with Crippen LogP contribution in [0.15, 0.2) is 36.5 Å². The van der Waals surface area contributed by atoms with Crippen LogP contribution in [0.3, 0.4) is 0 Å². The molecule has 0 aliphatic carbocycles. The summed E-state index contributed by atoms with van der Waals surface area (Å²) in [5, 5.41) is 8.94. The highest BCUT2D eigenvalue weighted by Gasteiger charge is 2.15. The molecule has 0 aliphatic heterocycles. The van der Waals surface area contributed by atoms with E-state index in [1.807, 2.05) is 0 Å². The highest BCUT2D eigenvalue weighted by molar-refractivity contribution is 5.90. The van der Waals surface area contributed by atoms with E-state index in [0.717, 1.165) is 12.3 Å². The Morgan fingerprint density at radius 3 is 2.47 bits per heavy atom. The first-order valence-corrected chi connectivity index (χ1v) is 5.31. The van der Waals surface area contributed by atoms with E-state index in [2.05, 4.69) is 4.98 Å². The van der Waals surface area contributed by atoms with Crippen LogP contribution in [0, 0.1) is 5.82 Å². The zero-order chi connectivity index (χ0) is 13.8. The summed E-state index contributed by atoms with van der Waals surface area (Å²) in [5.74, 6) is -1.20. The van der Waals surface area contributed by atoms with E-state index in [9.17, 15) is 9.18 Å². The summed E-state index contributed by atoms with van der Waals surface area (Å²) in [6.07, 6.45) is 0.894. The SMILES string of the molecule is COc1ccc(Oc2ncc(F)cc2C(=O)O)cc1. The Morgan fingerprint density at radius 1 is 1.26 bits per heavy atom. The van der Waals surface area contributed by atoms with E-state index in [4.69, 9.17) is 14.6 Å². The predicted molar refractivity (Wildman–Crippen MR) is 64.2 cm³/mol. The summed E-state index contributed by atoms with van der Waals surface area (Å²) in [4.78, 5) is 14.6. The van der Waals surface area contributed by atoms with E-state index in [1.54, 1.807) is 24.3 Å². The molecule has 0 spiro atoms. The van der Waals surface area contributed by atoms with Gasteiger partial charge in [0, 0.05) is 0 Å². The molecular formula is C13H10FNO4. The third kappa shape index (κ3) is 2.98. The number of benzene rings is 1. The monoisotopic (exact) mass is 263 g/mol. The summed E-state index contributed by atoms with van der Waals surface area (Å²) < 4.78 is 23.2. The maximum Gasteiger partial charge on any atom is 0.341 e. The number of carboxylic acid groups (broad SMARTS) is 1. The van der Waals surface area contributed by atoms with Crippen molar-refractivity contribution in [2.45, 2.75) is 0 Å². The maximum absolute atomic E-state index is 12.9. The summed E-state index contributed by atoms with van der Waals surface area (Å²) in [7, 11) is 1.53. The maximum atomic E-state index is 12.9. The third-order valence-electron chi connectivity index (χ3n) is 2.32. The Balaban J connectivity index is 2.29. The quantitative estimate of drug-likeness (QED) is 0.918. The molecule has 0 amide bonds. The van der Waals surface area contributed by atoms with Crippen LogP contribution in [0.5, 0.6) is 17.4 Å². The van der Waals surface area contributed by atoms with Gasteiger partial charge in [-0.15, -0.1) is 0 Å². The Kier molecular flexibility index (Phi) is 3.61. The Morgan fingerprint density at radius 2 is 1.89 bits per heavy atom. The minimum absolute atomic E-state index is 0.168. The van der Waals surface area contributed by atoms with Gasteiger partial charge in [0.05, 0.1) is 13.3 Å². The molecule has 5 nitrogen and oxygen atoms in total. The van der Waals surface area contributed by atoms with Crippen LogP contribution in [-0.4, -0.2) is 23.2 Å². The van der Waals surface area contributed by atoms with E-state index in [-0.39, 0.29) is 11.4 Å². The number of hydrogen-bond acceptors (Lipinski definition) is 4. The van der Waals surface area contributed by atoms with Gasteiger partial charge >= 0.3 is 5.97 Å². The van der Waals surface area contributed by atoms with Gasteiger partial charge in [0.15, 0.2) is 0 Å². The predicted octanol–water partition coefficient (Wildman–Crippen LogP) is 2.72. The minimum atomic E-state index is -1.31. The fraction of sp³-hybridized carbons (Fsp3) is 0.0769. The number of aromatic nitrogens is 1. The second kappa shape index (κ2) is 5.34. The zero-order valence-corrected chi connectivity index (χ0v) is 9.96. The van der Waals surface area contributed by atoms with Gasteiger partial charge in [0.1, 0.15) is 22.9 Å².